The summed E-state index contributed by atoms with van der Waals surface area (Å²) in [7, 11) is 1.56. The van der Waals surface area contributed by atoms with Gasteiger partial charge >= 0.3 is 0 Å². The highest BCUT2D eigenvalue weighted by molar-refractivity contribution is 6.07. The summed E-state index contributed by atoms with van der Waals surface area (Å²) >= 11 is 0. The van der Waals surface area contributed by atoms with Gasteiger partial charge in [-0.2, -0.15) is 0 Å². The Bertz CT molecular complexity index is 1050. The minimum atomic E-state index is -0.402. The highest BCUT2D eigenvalue weighted by Crippen LogP contribution is 2.38. The van der Waals surface area contributed by atoms with E-state index in [0.29, 0.717) is 35.4 Å². The lowest BCUT2D eigenvalue weighted by atomic mass is 9.87. The van der Waals surface area contributed by atoms with E-state index in [9.17, 15) is 13.6 Å². The van der Waals surface area contributed by atoms with Gasteiger partial charge in [0.05, 0.1) is 7.11 Å². The van der Waals surface area contributed by atoms with E-state index in [0.717, 1.165) is 5.56 Å². The molecule has 3 aromatic rings. The number of carbonyl (C=O) groups is 1. The maximum absolute atomic E-state index is 13.9. The van der Waals surface area contributed by atoms with Crippen LogP contribution in [0.2, 0.25) is 0 Å². The van der Waals surface area contributed by atoms with Crippen LogP contribution in [0.1, 0.15) is 33.9 Å². The summed E-state index contributed by atoms with van der Waals surface area (Å²) in [5.41, 5.74) is 8.93. The van der Waals surface area contributed by atoms with Crippen LogP contribution in [0.25, 0.3) is 0 Å². The van der Waals surface area contributed by atoms with Gasteiger partial charge in [-0.05, 0) is 78.6 Å². The van der Waals surface area contributed by atoms with Gasteiger partial charge in [-0.1, -0.05) is 12.1 Å². The first kappa shape index (κ1) is 20.0. The number of rotatable bonds is 4. The number of carbonyl (C=O) groups excluding carboxylic acids is 1. The van der Waals surface area contributed by atoms with Gasteiger partial charge in [-0.15, -0.1) is 0 Å². The SMILES string of the molecule is COc1ccc(C(=O)N2c3ccc(F)cc3[C@H](N)C[C@H]2Cc2ccc(F)cc2)cc1. The second-order valence-electron chi connectivity index (χ2n) is 7.43. The number of nitrogens with zero attached hydrogens (tertiary/aromatic N) is 1. The van der Waals surface area contributed by atoms with Crippen molar-refractivity contribution in [3.05, 3.63) is 95.1 Å². The van der Waals surface area contributed by atoms with Crippen LogP contribution in [-0.4, -0.2) is 19.1 Å². The molecule has 0 bridgehead atoms. The minimum Gasteiger partial charge on any atom is -0.497 e. The molecule has 0 radical (unpaired) electrons. The Morgan fingerprint density at radius 2 is 1.70 bits per heavy atom. The summed E-state index contributed by atoms with van der Waals surface area (Å²) in [5.74, 6) is -0.258. The van der Waals surface area contributed by atoms with Crippen LogP contribution >= 0.6 is 0 Å². The zero-order chi connectivity index (χ0) is 21.3. The Kier molecular flexibility index (Phi) is 5.50. The number of halogens is 2. The van der Waals surface area contributed by atoms with Crippen molar-refractivity contribution in [1.29, 1.82) is 0 Å². The van der Waals surface area contributed by atoms with Gasteiger partial charge in [0.25, 0.3) is 5.91 Å². The Morgan fingerprint density at radius 3 is 2.37 bits per heavy atom. The summed E-state index contributed by atoms with van der Waals surface area (Å²) in [6, 6.07) is 16.7. The average Bonchev–Trinajstić information content (AvgIpc) is 2.75. The molecule has 0 saturated carbocycles. The molecule has 154 valence electrons. The van der Waals surface area contributed by atoms with Gasteiger partial charge < -0.3 is 15.4 Å². The molecule has 4 rings (SSSR count). The van der Waals surface area contributed by atoms with Gasteiger partial charge in [-0.3, -0.25) is 4.79 Å². The molecule has 2 N–H and O–H groups in total. The fourth-order valence-electron chi connectivity index (χ4n) is 3.98. The summed E-state index contributed by atoms with van der Waals surface area (Å²) in [6.45, 7) is 0. The molecule has 30 heavy (non-hydrogen) atoms. The Hall–Kier alpha value is -3.25. The van der Waals surface area contributed by atoms with Crippen molar-refractivity contribution in [1.82, 2.24) is 0 Å². The Labute approximate surface area is 173 Å². The topological polar surface area (TPSA) is 55.6 Å². The quantitative estimate of drug-likeness (QED) is 0.685. The van der Waals surface area contributed by atoms with Crippen molar-refractivity contribution >= 4 is 11.6 Å². The van der Waals surface area contributed by atoms with Crippen LogP contribution in [0.4, 0.5) is 14.5 Å². The number of hydrogen-bond acceptors (Lipinski definition) is 3. The molecule has 0 saturated heterocycles. The van der Waals surface area contributed by atoms with E-state index in [-0.39, 0.29) is 17.8 Å². The van der Waals surface area contributed by atoms with Crippen molar-refractivity contribution in [2.45, 2.75) is 24.9 Å². The number of ether oxygens (including phenoxy) is 1. The predicted molar refractivity (Wildman–Crippen MR) is 112 cm³/mol. The molecule has 0 aromatic heterocycles. The third-order valence-electron chi connectivity index (χ3n) is 5.48. The number of nitrogens with two attached hydrogens (primary N) is 1. The summed E-state index contributed by atoms with van der Waals surface area (Å²) in [4.78, 5) is 15.2. The highest BCUT2D eigenvalue weighted by Gasteiger charge is 2.35. The van der Waals surface area contributed by atoms with Crippen molar-refractivity contribution in [3.8, 4) is 5.75 Å². The normalized spacial score (nSPS) is 18.1. The predicted octanol–water partition coefficient (Wildman–Crippen LogP) is 4.64. The lowest BCUT2D eigenvalue weighted by Gasteiger charge is -2.40. The number of amides is 1. The Morgan fingerprint density at radius 1 is 1.03 bits per heavy atom. The van der Waals surface area contributed by atoms with Crippen LogP contribution in [-0.2, 0) is 6.42 Å². The number of hydrogen-bond donors (Lipinski definition) is 1. The molecule has 0 spiro atoms. The van der Waals surface area contributed by atoms with Gasteiger partial charge in [0.1, 0.15) is 17.4 Å². The van der Waals surface area contributed by atoms with E-state index in [4.69, 9.17) is 10.5 Å². The summed E-state index contributed by atoms with van der Waals surface area (Å²) in [6.07, 6.45) is 0.975. The summed E-state index contributed by atoms with van der Waals surface area (Å²) < 4.78 is 32.4. The first-order valence-corrected chi connectivity index (χ1v) is 9.73. The fourth-order valence-corrected chi connectivity index (χ4v) is 3.98. The molecule has 4 nitrogen and oxygen atoms in total. The van der Waals surface area contributed by atoms with Crippen molar-refractivity contribution in [3.63, 3.8) is 0 Å². The molecule has 1 aliphatic heterocycles. The van der Waals surface area contributed by atoms with Crippen molar-refractivity contribution in [2.24, 2.45) is 5.73 Å². The molecule has 1 amide bonds. The zero-order valence-electron chi connectivity index (χ0n) is 16.5. The molecule has 1 aliphatic rings. The molecule has 1 heterocycles. The van der Waals surface area contributed by atoms with Gasteiger partial charge in [0.15, 0.2) is 0 Å². The smallest absolute Gasteiger partial charge is 0.258 e. The molecule has 6 heteroatoms. The molecule has 0 fully saturated rings. The van der Waals surface area contributed by atoms with Crippen molar-refractivity contribution < 1.29 is 18.3 Å². The molecular weight excluding hydrogens is 386 g/mol. The lowest BCUT2D eigenvalue weighted by Crippen LogP contribution is -2.47. The highest BCUT2D eigenvalue weighted by atomic mass is 19.1. The Balaban J connectivity index is 1.74. The molecular formula is C24H22F2N2O2. The standard InChI is InChI=1S/C24H22F2N2O2/c1-30-20-9-4-16(5-10-20)24(29)28-19(12-15-2-6-17(25)7-3-15)14-22(27)21-13-18(26)8-11-23(21)28/h2-11,13,19,22H,12,14,27H2,1H3/t19-,22-/m1/s1. The number of methoxy groups -OCH3 is 1. The van der Waals surface area contributed by atoms with E-state index < -0.39 is 11.9 Å². The van der Waals surface area contributed by atoms with Crippen molar-refractivity contribution in [2.75, 3.05) is 12.0 Å². The number of fused-ring (bicyclic) bond motifs is 1. The van der Waals surface area contributed by atoms with E-state index in [1.807, 2.05) is 0 Å². The largest absolute Gasteiger partial charge is 0.497 e. The molecule has 0 unspecified atom stereocenters. The van der Waals surface area contributed by atoms with Crippen LogP contribution in [0.5, 0.6) is 5.75 Å². The van der Waals surface area contributed by atoms with Crippen LogP contribution in [0.15, 0.2) is 66.7 Å². The lowest BCUT2D eigenvalue weighted by molar-refractivity contribution is 0.0971. The first-order valence-electron chi connectivity index (χ1n) is 9.73. The van der Waals surface area contributed by atoms with E-state index in [1.165, 1.54) is 24.3 Å². The maximum atomic E-state index is 13.9. The second-order valence-corrected chi connectivity index (χ2v) is 7.43. The fraction of sp³-hybridized carbons (Fsp3) is 0.208. The number of benzene rings is 3. The molecule has 0 aliphatic carbocycles. The maximum Gasteiger partial charge on any atom is 0.258 e. The molecule has 2 atom stereocenters. The minimum absolute atomic E-state index is 0.204. The van der Waals surface area contributed by atoms with Crippen LogP contribution < -0.4 is 15.4 Å². The van der Waals surface area contributed by atoms with Crippen LogP contribution in [0, 0.1) is 11.6 Å². The van der Waals surface area contributed by atoms with E-state index >= 15 is 0 Å². The summed E-state index contributed by atoms with van der Waals surface area (Å²) in [5, 5.41) is 0. The third kappa shape index (κ3) is 3.91. The molecule has 3 aromatic carbocycles. The first-order chi connectivity index (χ1) is 14.5. The van der Waals surface area contributed by atoms with Gasteiger partial charge in [0, 0.05) is 23.3 Å². The average molecular weight is 408 g/mol. The second kappa shape index (κ2) is 8.24. The van der Waals surface area contributed by atoms with Crippen LogP contribution in [0.3, 0.4) is 0 Å². The van der Waals surface area contributed by atoms with Gasteiger partial charge in [0.2, 0.25) is 0 Å². The van der Waals surface area contributed by atoms with E-state index in [2.05, 4.69) is 0 Å². The van der Waals surface area contributed by atoms with E-state index in [1.54, 1.807) is 54.5 Å². The third-order valence-corrected chi connectivity index (χ3v) is 5.48. The number of anilines is 1. The monoisotopic (exact) mass is 408 g/mol. The zero-order valence-corrected chi connectivity index (χ0v) is 16.5. The van der Waals surface area contributed by atoms with Gasteiger partial charge in [-0.25, -0.2) is 8.78 Å².